The molecule has 132 valence electrons. The van der Waals surface area contributed by atoms with Gasteiger partial charge in [-0.1, -0.05) is 49.1 Å². The number of allylic oxidation sites excluding steroid dienone is 1. The van der Waals surface area contributed by atoms with E-state index in [-0.39, 0.29) is 17.7 Å². The highest BCUT2D eigenvalue weighted by atomic mass is 35.5. The average molecular weight is 395 g/mol. The summed E-state index contributed by atoms with van der Waals surface area (Å²) in [4.78, 5) is 0. The molecule has 1 heterocycles. The van der Waals surface area contributed by atoms with E-state index in [2.05, 4.69) is 70.0 Å². The van der Waals surface area contributed by atoms with Crippen LogP contribution in [0.25, 0.3) is 5.57 Å². The van der Waals surface area contributed by atoms with Crippen molar-refractivity contribution < 1.29 is 17.7 Å². The maximum Gasteiger partial charge on any atom is 0.102 e. The minimum absolute atomic E-state index is 0. The molecule has 0 spiro atoms. The van der Waals surface area contributed by atoms with Crippen molar-refractivity contribution in [3.8, 4) is 0 Å². The van der Waals surface area contributed by atoms with Crippen LogP contribution in [0.15, 0.2) is 29.5 Å². The Kier molecular flexibility index (Phi) is 9.48. The number of hydrogen-bond donors (Lipinski definition) is 1. The fourth-order valence-electron chi connectivity index (χ4n) is 2.83. The average Bonchev–Trinajstić information content (AvgIpc) is 2.52. The van der Waals surface area contributed by atoms with E-state index in [0.29, 0.717) is 5.54 Å². The molecule has 1 aliphatic heterocycles. The summed E-state index contributed by atoms with van der Waals surface area (Å²) in [6, 6.07) is 9.01. The fraction of sp³-hybridized carbons (Fsp3) is 0.556. The SMILES string of the molecule is C/C(=C1/C[NH2+]C(C)(C)Cc2ccccc21)[Si](C)(C)C.ClCCl.[Cl-]. The van der Waals surface area contributed by atoms with Gasteiger partial charge in [0.2, 0.25) is 0 Å². The fourth-order valence-corrected chi connectivity index (χ4v) is 3.97. The minimum Gasteiger partial charge on any atom is -1.00 e. The molecule has 5 heteroatoms. The van der Waals surface area contributed by atoms with Crippen LogP contribution < -0.4 is 17.7 Å². The van der Waals surface area contributed by atoms with Crippen LogP contribution >= 0.6 is 23.2 Å². The molecule has 0 fully saturated rings. The molecular formula is C18H30Cl3NSi. The van der Waals surface area contributed by atoms with Crippen molar-refractivity contribution in [2.24, 2.45) is 0 Å². The zero-order chi connectivity index (χ0) is 17.0. The first-order valence-corrected chi connectivity index (χ1v) is 12.4. The number of hydrogen-bond acceptors (Lipinski definition) is 0. The molecule has 1 aliphatic rings. The number of alkyl halides is 2. The van der Waals surface area contributed by atoms with Crippen LogP contribution in [0.4, 0.5) is 0 Å². The van der Waals surface area contributed by atoms with Crippen LogP contribution in [0.5, 0.6) is 0 Å². The minimum atomic E-state index is -1.23. The molecule has 1 aromatic rings. The molecule has 0 unspecified atom stereocenters. The van der Waals surface area contributed by atoms with Gasteiger partial charge in [-0.15, -0.1) is 23.2 Å². The standard InChI is InChI=1S/C17H27NSi.CH2Cl2.ClH/c1-13(19(4,5)6)16-12-18-17(2,3)11-14-9-7-8-10-15(14)16;2-1-3;/h7-10,18H,11-12H2,1-6H3;1H2;1H/b16-13+;;. The normalized spacial score (nSPS) is 18.6. The second kappa shape index (κ2) is 9.48. The Morgan fingerprint density at radius 3 is 2.22 bits per heavy atom. The molecule has 2 N–H and O–H groups in total. The van der Waals surface area contributed by atoms with Gasteiger partial charge in [0, 0.05) is 12.0 Å². The predicted molar refractivity (Wildman–Crippen MR) is 104 cm³/mol. The van der Waals surface area contributed by atoms with Gasteiger partial charge in [0.25, 0.3) is 0 Å². The first-order valence-electron chi connectivity index (χ1n) is 7.87. The molecular weight excluding hydrogens is 365 g/mol. The summed E-state index contributed by atoms with van der Waals surface area (Å²) in [6.45, 7) is 15.6. The summed E-state index contributed by atoms with van der Waals surface area (Å²) in [5.74, 6) is 0. The Morgan fingerprint density at radius 2 is 1.70 bits per heavy atom. The highest BCUT2D eigenvalue weighted by Gasteiger charge is 2.30. The molecule has 1 aromatic carbocycles. The summed E-state index contributed by atoms with van der Waals surface area (Å²) in [7, 11) is -1.23. The third-order valence-corrected chi connectivity index (χ3v) is 6.98. The highest BCUT2D eigenvalue weighted by Crippen LogP contribution is 2.29. The molecule has 1 nitrogen and oxygen atoms in total. The monoisotopic (exact) mass is 393 g/mol. The molecule has 0 aromatic heterocycles. The lowest BCUT2D eigenvalue weighted by atomic mass is 9.92. The van der Waals surface area contributed by atoms with Crippen LogP contribution in [0.2, 0.25) is 19.6 Å². The predicted octanol–water partition coefficient (Wildman–Crippen LogP) is 1.66. The third-order valence-electron chi connectivity index (χ3n) is 4.42. The van der Waals surface area contributed by atoms with Gasteiger partial charge in [-0.05, 0) is 31.9 Å². The number of quaternary nitrogens is 1. The first kappa shape index (κ1) is 23.0. The van der Waals surface area contributed by atoms with Gasteiger partial charge in [-0.3, -0.25) is 0 Å². The Bertz CT molecular complexity index is 533. The Hall–Kier alpha value is 0.00688. The Labute approximate surface area is 159 Å². The second-order valence-corrected chi connectivity index (χ2v) is 13.7. The summed E-state index contributed by atoms with van der Waals surface area (Å²) in [6.07, 6.45) is 1.16. The molecule has 23 heavy (non-hydrogen) atoms. The van der Waals surface area contributed by atoms with E-state index in [1.54, 1.807) is 10.8 Å². The van der Waals surface area contributed by atoms with Crippen LogP contribution in [-0.4, -0.2) is 25.5 Å². The smallest absolute Gasteiger partial charge is 0.102 e. The molecule has 2 rings (SSSR count). The van der Waals surface area contributed by atoms with E-state index in [0.717, 1.165) is 13.0 Å². The van der Waals surface area contributed by atoms with Crippen molar-refractivity contribution >= 4 is 36.8 Å². The highest BCUT2D eigenvalue weighted by molar-refractivity contribution is 6.83. The van der Waals surface area contributed by atoms with E-state index in [4.69, 9.17) is 23.2 Å². The van der Waals surface area contributed by atoms with Gasteiger partial charge in [0.05, 0.1) is 19.0 Å². The van der Waals surface area contributed by atoms with Crippen LogP contribution in [0.3, 0.4) is 0 Å². The molecule has 0 atom stereocenters. The van der Waals surface area contributed by atoms with Crippen molar-refractivity contribution in [1.29, 1.82) is 0 Å². The number of nitrogens with two attached hydrogens (primary N) is 1. The molecule has 0 amide bonds. The van der Waals surface area contributed by atoms with E-state index < -0.39 is 8.07 Å². The Morgan fingerprint density at radius 1 is 1.17 bits per heavy atom. The molecule has 0 saturated heterocycles. The van der Waals surface area contributed by atoms with Gasteiger partial charge in [-0.25, -0.2) is 0 Å². The van der Waals surface area contributed by atoms with Gasteiger partial charge < -0.3 is 17.7 Å². The maximum atomic E-state index is 4.76. The van der Waals surface area contributed by atoms with Crippen molar-refractivity contribution in [2.75, 3.05) is 11.9 Å². The van der Waals surface area contributed by atoms with Crippen LogP contribution in [0, 0.1) is 0 Å². The van der Waals surface area contributed by atoms with Crippen LogP contribution in [-0.2, 0) is 6.42 Å². The number of benzene rings is 1. The van der Waals surface area contributed by atoms with Gasteiger partial charge >= 0.3 is 0 Å². The number of rotatable bonds is 1. The Balaban J connectivity index is 0.00000112. The maximum absolute atomic E-state index is 4.76. The lowest BCUT2D eigenvalue weighted by Crippen LogP contribution is -3.00. The zero-order valence-electron chi connectivity index (χ0n) is 15.1. The number of fused-ring (bicyclic) bond motifs is 1. The lowest BCUT2D eigenvalue weighted by molar-refractivity contribution is -0.710. The van der Waals surface area contributed by atoms with Crippen molar-refractivity contribution in [1.82, 2.24) is 0 Å². The second-order valence-electron chi connectivity index (χ2n) is 7.69. The quantitative estimate of drug-likeness (QED) is 0.551. The van der Waals surface area contributed by atoms with E-state index in [1.807, 2.05) is 0 Å². The summed E-state index contributed by atoms with van der Waals surface area (Å²) in [5, 5.41) is 4.38. The zero-order valence-corrected chi connectivity index (χ0v) is 18.4. The lowest BCUT2D eigenvalue weighted by Gasteiger charge is -2.23. The van der Waals surface area contributed by atoms with Crippen molar-refractivity contribution in [2.45, 2.75) is 52.4 Å². The van der Waals surface area contributed by atoms with Gasteiger partial charge in [-0.2, -0.15) is 0 Å². The number of halogens is 3. The molecule has 0 bridgehead atoms. The molecule has 0 aliphatic carbocycles. The van der Waals surface area contributed by atoms with Gasteiger partial charge in [0.1, 0.15) is 6.54 Å². The van der Waals surface area contributed by atoms with E-state index in [9.17, 15) is 0 Å². The molecule has 0 saturated carbocycles. The van der Waals surface area contributed by atoms with Crippen molar-refractivity contribution in [3.63, 3.8) is 0 Å². The van der Waals surface area contributed by atoms with E-state index >= 15 is 0 Å². The first-order chi connectivity index (χ1) is 10.1. The topological polar surface area (TPSA) is 16.6 Å². The third kappa shape index (κ3) is 6.79. The summed E-state index contributed by atoms with van der Waals surface area (Å²) in [5.41, 5.74) is 4.93. The largest absolute Gasteiger partial charge is 1.00 e. The molecule has 0 radical (unpaired) electrons. The van der Waals surface area contributed by atoms with Gasteiger partial charge in [0.15, 0.2) is 0 Å². The van der Waals surface area contributed by atoms with E-state index in [1.165, 1.54) is 11.1 Å². The van der Waals surface area contributed by atoms with Crippen LogP contribution in [0.1, 0.15) is 31.9 Å². The summed E-state index contributed by atoms with van der Waals surface area (Å²) >= 11 is 9.53. The summed E-state index contributed by atoms with van der Waals surface area (Å²) < 4.78 is 0. The van der Waals surface area contributed by atoms with Crippen molar-refractivity contribution in [3.05, 3.63) is 40.6 Å².